The van der Waals surface area contributed by atoms with Crippen LogP contribution in [0.2, 0.25) is 0 Å². The molecule has 15 aromatic rings. The number of hydrogen-bond acceptors (Lipinski definition) is 21. The number of pyridine rings is 4. The molecule has 0 bridgehead atoms. The SMILES string of the molecule is CN1CCN(c2ccc3c(N)ncc(C#Cc4cccc(C(N)=NO)c4)c3c2)CC1.Cc1cnc(-c2ccc3c(N)ncc(C#Cc4cccc(C(N)=NO)c4)c3c2)cn1.NC(=NO)c1cccc(C#Cc2cnc(N)c3ccc(-c4ccc5cc[nH]c5c4)cc23)c1.NC(=NO)c1cccc(C#Cc2cnc(N)c3ccc(N4CCCC4)cc23)c1. The van der Waals surface area contributed by atoms with Crippen LogP contribution < -0.4 is 55.7 Å². The maximum absolute atomic E-state index is 8.90. The number of amidine groups is 4. The van der Waals surface area contributed by atoms with Gasteiger partial charge in [-0.2, -0.15) is 0 Å². The summed E-state index contributed by atoms with van der Waals surface area (Å²) in [7, 11) is 2.15. The van der Waals surface area contributed by atoms with Crippen LogP contribution in [0.25, 0.3) is 76.4 Å². The number of aromatic amines is 1. The van der Waals surface area contributed by atoms with E-state index in [0.29, 0.717) is 45.5 Å². The Balaban J connectivity index is 0.000000131. The number of likely N-dealkylation sites (N-methyl/N-ethyl adjacent to an activating group) is 1. The Kier molecular flexibility index (Phi) is 24.4. The maximum atomic E-state index is 8.90. The number of hydrogen-bond donors (Lipinski definition) is 13. The van der Waals surface area contributed by atoms with Crippen LogP contribution in [0.3, 0.4) is 0 Å². The molecule has 2 aliphatic rings. The van der Waals surface area contributed by atoms with E-state index in [-0.39, 0.29) is 23.3 Å². The maximum Gasteiger partial charge on any atom is 0.170 e. The van der Waals surface area contributed by atoms with Gasteiger partial charge in [0.2, 0.25) is 0 Å². The van der Waals surface area contributed by atoms with Crippen LogP contribution >= 0.6 is 0 Å². The lowest BCUT2D eigenvalue weighted by Crippen LogP contribution is -2.44. The summed E-state index contributed by atoms with van der Waals surface area (Å²) in [5.74, 6) is 27.4. The summed E-state index contributed by atoms with van der Waals surface area (Å²) in [5.41, 5.74) is 63.8. The van der Waals surface area contributed by atoms with E-state index in [1.165, 1.54) is 23.9 Å². The highest BCUT2D eigenvalue weighted by Gasteiger charge is 2.19. The van der Waals surface area contributed by atoms with Gasteiger partial charge in [0.15, 0.2) is 23.3 Å². The van der Waals surface area contributed by atoms with E-state index < -0.39 is 0 Å². The first-order valence-electron chi connectivity index (χ1n) is 38.1. The predicted octanol–water partition coefficient (Wildman–Crippen LogP) is 12.5. The van der Waals surface area contributed by atoms with Crippen molar-refractivity contribution in [2.75, 3.05) is 79.1 Å². The quantitative estimate of drug-likeness (QED) is 0.0221. The normalized spacial score (nSPS) is 12.9. The number of fused-ring (bicyclic) bond motifs is 5. The Morgan fingerprint density at radius 3 is 1.10 bits per heavy atom. The third-order valence-corrected chi connectivity index (χ3v) is 20.4. The largest absolute Gasteiger partial charge is 0.409 e. The second-order valence-electron chi connectivity index (χ2n) is 28.3. The molecule has 2 fully saturated rings. The van der Waals surface area contributed by atoms with Gasteiger partial charge in [0, 0.05) is 187 Å². The van der Waals surface area contributed by atoms with Crippen LogP contribution in [0, 0.1) is 54.3 Å². The van der Waals surface area contributed by atoms with E-state index in [2.05, 4.69) is 179 Å². The molecule has 0 unspecified atom stereocenters. The van der Waals surface area contributed by atoms with Crippen LogP contribution in [-0.2, 0) is 0 Å². The van der Waals surface area contributed by atoms with Crippen LogP contribution in [0.5, 0.6) is 0 Å². The van der Waals surface area contributed by atoms with Crippen LogP contribution in [0.4, 0.5) is 34.6 Å². The summed E-state index contributed by atoms with van der Waals surface area (Å²) in [6.45, 7) is 8.11. The van der Waals surface area contributed by atoms with Crippen LogP contribution in [-0.4, -0.2) is 130 Å². The van der Waals surface area contributed by atoms with Gasteiger partial charge in [0.1, 0.15) is 23.3 Å². The van der Waals surface area contributed by atoms with Gasteiger partial charge in [-0.15, -0.1) is 0 Å². The van der Waals surface area contributed by atoms with Gasteiger partial charge in [0.25, 0.3) is 0 Å². The molecular weight excluding hydrogens is 1500 g/mol. The molecule has 8 heterocycles. The molecule has 0 spiro atoms. The molecule has 26 nitrogen and oxygen atoms in total. The Morgan fingerprint density at radius 2 is 0.708 bits per heavy atom. The molecule has 592 valence electrons. The molecule has 26 heteroatoms. The minimum Gasteiger partial charge on any atom is -0.409 e. The summed E-state index contributed by atoms with van der Waals surface area (Å²) < 4.78 is 0. The minimum atomic E-state index is 0.0297. The lowest BCUT2D eigenvalue weighted by atomic mass is 9.98. The number of aromatic nitrogens is 7. The van der Waals surface area contributed by atoms with Crippen molar-refractivity contribution in [3.05, 3.63) is 310 Å². The standard InChI is InChI=1S/C26H19N5O.C23H18N6O.C23H24N6O.C22H21N5O/c27-25(31-32)20-3-1-2-16(12-20)4-5-21-15-30-26(28)22-9-8-18(13-23(21)22)19-7-6-17-10-11-29-24(17)14-19;1-14-11-27-21(13-26-14)16-7-8-19-20(10-16)18(12-28-23(19)25)6-5-15-3-2-4-17(9-15)22(24)29-30;1-28-9-11-29(12-10-28)19-7-8-20-21(14-19)18(15-26-23(20)25)6-5-16-3-2-4-17(13-16)22(24)27-30;23-21(26-28)16-5-3-4-15(12-16)6-7-17-14-25-22(24)19-9-8-18(13-20(17)19)27-10-1-2-11-27/h1-3,6-15,29,32H,(H2,27,31)(H2,28,30);2-4,7-13,30H,1H3,(H2,24,29)(H2,25,28);2-4,7-8,13-15,30H,9-12H2,1H3,(H2,24,27)(H2,25,26);3-5,8-9,12-14,28H,1-2,10-11H2,(H2,23,26)(H2,24,25). The lowest BCUT2D eigenvalue weighted by molar-refractivity contribution is 0.313. The molecule has 2 aliphatic heterocycles. The molecule has 9 aromatic carbocycles. The number of nitrogens with zero attached hydrogens (tertiary/aromatic N) is 13. The number of piperazine rings is 1. The number of oxime groups is 4. The highest BCUT2D eigenvalue weighted by atomic mass is 16.4. The van der Waals surface area contributed by atoms with Crippen molar-refractivity contribution >= 4 is 112 Å². The second-order valence-corrected chi connectivity index (χ2v) is 28.3. The van der Waals surface area contributed by atoms with Gasteiger partial charge in [0.05, 0.1) is 39.8 Å². The minimum absolute atomic E-state index is 0.0297. The van der Waals surface area contributed by atoms with Gasteiger partial charge in [-0.25, -0.2) is 19.9 Å². The number of anilines is 6. The first-order valence-corrected chi connectivity index (χ1v) is 38.1. The molecule has 0 atom stereocenters. The van der Waals surface area contributed by atoms with Gasteiger partial charge in [-0.1, -0.05) is 147 Å². The summed E-state index contributed by atoms with van der Waals surface area (Å²) in [4.78, 5) is 36.3. The van der Waals surface area contributed by atoms with Crippen molar-refractivity contribution in [1.29, 1.82) is 0 Å². The first-order chi connectivity index (χ1) is 58.4. The Hall–Kier alpha value is -16.7. The molecule has 120 heavy (non-hydrogen) atoms. The molecule has 0 radical (unpaired) electrons. The number of nitrogens with one attached hydrogen (secondary N) is 1. The van der Waals surface area contributed by atoms with E-state index in [4.69, 9.17) is 66.7 Å². The van der Waals surface area contributed by atoms with E-state index in [1.54, 1.807) is 91.8 Å². The summed E-state index contributed by atoms with van der Waals surface area (Å²) in [6.07, 6.45) is 14.6. The number of H-pyrrole nitrogens is 1. The molecule has 17 rings (SSSR count). The fraction of sp³-hybridized carbons (Fsp3) is 0.106. The molecule has 21 N–H and O–H groups in total. The molecule has 6 aromatic heterocycles. The van der Waals surface area contributed by atoms with Gasteiger partial charge < -0.3 is 86.4 Å². The third-order valence-electron chi connectivity index (χ3n) is 20.4. The monoisotopic (exact) mass is 1580 g/mol. The highest BCUT2D eigenvalue weighted by molar-refractivity contribution is 6.03. The molecule has 0 amide bonds. The van der Waals surface area contributed by atoms with E-state index in [9.17, 15) is 0 Å². The molecule has 2 saturated heterocycles. The van der Waals surface area contributed by atoms with Gasteiger partial charge in [-0.05, 0) is 159 Å². The number of rotatable bonds is 8. The van der Waals surface area contributed by atoms with Crippen molar-refractivity contribution in [2.45, 2.75) is 19.8 Å². The van der Waals surface area contributed by atoms with E-state index in [0.717, 1.165) is 166 Å². The fourth-order valence-electron chi connectivity index (χ4n) is 13.8. The Bertz CT molecular complexity index is 6820. The lowest BCUT2D eigenvalue weighted by Gasteiger charge is -2.34. The molecule has 0 aliphatic carbocycles. The average molecular weight is 1580 g/mol. The zero-order chi connectivity index (χ0) is 83.8. The average Bonchev–Trinajstić information content (AvgIpc) is 1.06. The first kappa shape index (κ1) is 79.9. The molecular formula is C94H82N22O4. The number of aryl methyl sites for hydroxylation is 1. The highest BCUT2D eigenvalue weighted by Crippen LogP contribution is 2.34. The van der Waals surface area contributed by atoms with Crippen LogP contribution in [0.15, 0.2) is 258 Å². The zero-order valence-corrected chi connectivity index (χ0v) is 65.4. The van der Waals surface area contributed by atoms with E-state index in [1.807, 2.05) is 98.0 Å². The van der Waals surface area contributed by atoms with Gasteiger partial charge in [-0.3, -0.25) is 9.97 Å². The van der Waals surface area contributed by atoms with Crippen molar-refractivity contribution in [2.24, 2.45) is 43.6 Å². The number of nitrogens with two attached hydrogens (primary N) is 8. The van der Waals surface area contributed by atoms with Crippen molar-refractivity contribution in [3.63, 3.8) is 0 Å². The third kappa shape index (κ3) is 18.7. The van der Waals surface area contributed by atoms with Crippen molar-refractivity contribution in [1.82, 2.24) is 39.8 Å². The van der Waals surface area contributed by atoms with Crippen molar-refractivity contribution < 1.29 is 20.8 Å². The zero-order valence-electron chi connectivity index (χ0n) is 65.4. The summed E-state index contributed by atoms with van der Waals surface area (Å²) in [5, 5.41) is 56.1. The van der Waals surface area contributed by atoms with Crippen LogP contribution in [0.1, 0.15) is 85.3 Å². The smallest absolute Gasteiger partial charge is 0.170 e. The summed E-state index contributed by atoms with van der Waals surface area (Å²) in [6, 6.07) is 61.7. The Morgan fingerprint density at radius 1 is 0.350 bits per heavy atom. The molecule has 0 saturated carbocycles. The van der Waals surface area contributed by atoms with E-state index >= 15 is 0 Å². The Labute approximate surface area is 690 Å². The fourth-order valence-corrected chi connectivity index (χ4v) is 13.8. The summed E-state index contributed by atoms with van der Waals surface area (Å²) >= 11 is 0. The number of benzene rings is 9. The topological polar surface area (TPSA) is 441 Å². The predicted molar refractivity (Wildman–Crippen MR) is 479 cm³/mol. The van der Waals surface area contributed by atoms with Crippen molar-refractivity contribution in [3.8, 4) is 69.7 Å². The number of nitrogen functional groups attached to an aromatic ring is 4. The second kappa shape index (κ2) is 36.6. The van der Waals surface area contributed by atoms with Gasteiger partial charge >= 0.3 is 0 Å².